The summed E-state index contributed by atoms with van der Waals surface area (Å²) in [5, 5.41) is 4.29. The highest BCUT2D eigenvalue weighted by Gasteiger charge is 2.17. The van der Waals surface area contributed by atoms with Crippen LogP contribution in [0, 0.1) is 6.92 Å². The predicted octanol–water partition coefficient (Wildman–Crippen LogP) is 2.23. The van der Waals surface area contributed by atoms with Crippen LogP contribution < -0.4 is 11.3 Å². The Morgan fingerprint density at radius 3 is 2.79 bits per heavy atom. The van der Waals surface area contributed by atoms with Crippen LogP contribution in [-0.4, -0.2) is 9.78 Å². The third kappa shape index (κ3) is 2.85. The molecule has 0 bridgehead atoms. The largest absolute Gasteiger partial charge is 0.273 e. The quantitative estimate of drug-likeness (QED) is 0.639. The first-order valence-electron chi connectivity index (χ1n) is 6.70. The van der Waals surface area contributed by atoms with Crippen LogP contribution in [0.2, 0.25) is 0 Å². The van der Waals surface area contributed by atoms with Crippen molar-refractivity contribution in [1.82, 2.24) is 15.2 Å². The van der Waals surface area contributed by atoms with E-state index >= 15 is 0 Å². The number of nitrogens with one attached hydrogen (secondary N) is 1. The summed E-state index contributed by atoms with van der Waals surface area (Å²) in [6, 6.07) is 8.58. The van der Waals surface area contributed by atoms with E-state index in [0.29, 0.717) is 0 Å². The highest BCUT2D eigenvalue weighted by molar-refractivity contribution is 5.35. The summed E-state index contributed by atoms with van der Waals surface area (Å²) in [6.45, 7) is 4.25. The Morgan fingerprint density at radius 1 is 1.42 bits per heavy atom. The van der Waals surface area contributed by atoms with Gasteiger partial charge >= 0.3 is 0 Å². The summed E-state index contributed by atoms with van der Waals surface area (Å²) in [5.41, 5.74) is 7.69. The first-order chi connectivity index (χ1) is 9.17. The smallest absolute Gasteiger partial charge is 0.0743 e. The minimum atomic E-state index is -0.00879. The van der Waals surface area contributed by atoms with Gasteiger partial charge < -0.3 is 0 Å². The van der Waals surface area contributed by atoms with E-state index < -0.39 is 0 Å². The van der Waals surface area contributed by atoms with Crippen molar-refractivity contribution < 1.29 is 0 Å². The molecule has 0 aliphatic carbocycles. The van der Waals surface area contributed by atoms with Crippen molar-refractivity contribution in [3.05, 3.63) is 52.8 Å². The molecular weight excluding hydrogens is 236 g/mol. The van der Waals surface area contributed by atoms with E-state index in [9.17, 15) is 0 Å². The number of nitrogens with zero attached hydrogens (tertiary/aromatic N) is 2. The maximum Gasteiger partial charge on any atom is 0.0743 e. The molecule has 0 saturated carbocycles. The van der Waals surface area contributed by atoms with Gasteiger partial charge in [-0.25, -0.2) is 5.43 Å². The highest BCUT2D eigenvalue weighted by atomic mass is 15.3. The molecule has 0 saturated heterocycles. The summed E-state index contributed by atoms with van der Waals surface area (Å²) < 4.78 is 1.87. The van der Waals surface area contributed by atoms with Gasteiger partial charge in [-0.05, 0) is 24.5 Å². The molecule has 0 aliphatic rings. The van der Waals surface area contributed by atoms with Crippen LogP contribution in [0.1, 0.15) is 41.8 Å². The van der Waals surface area contributed by atoms with Crippen LogP contribution >= 0.6 is 0 Å². The molecule has 0 aliphatic heterocycles. The Hall–Kier alpha value is -1.65. The maximum absolute atomic E-state index is 5.75. The van der Waals surface area contributed by atoms with Gasteiger partial charge in [0.15, 0.2) is 0 Å². The van der Waals surface area contributed by atoms with Crippen LogP contribution in [0.15, 0.2) is 30.5 Å². The molecule has 1 unspecified atom stereocenters. The Kier molecular flexibility index (Phi) is 4.35. The zero-order valence-electron chi connectivity index (χ0n) is 11.9. The lowest BCUT2D eigenvalue weighted by Gasteiger charge is -2.17. The standard InChI is InChI=1S/C15H22N4/c1-4-6-12-7-5-8-13(9-12)15(18-16)14-10-17-19(3)11(14)2/h5,7-10,15,18H,4,6,16H2,1-3H3. The molecule has 0 fully saturated rings. The molecule has 2 rings (SSSR count). The maximum atomic E-state index is 5.75. The minimum Gasteiger partial charge on any atom is -0.273 e. The van der Waals surface area contributed by atoms with Crippen molar-refractivity contribution in [2.24, 2.45) is 12.9 Å². The second kappa shape index (κ2) is 5.99. The fraction of sp³-hybridized carbons (Fsp3) is 0.400. The number of hydrogen-bond acceptors (Lipinski definition) is 3. The fourth-order valence-corrected chi connectivity index (χ4v) is 2.38. The van der Waals surface area contributed by atoms with Crippen molar-refractivity contribution in [3.8, 4) is 0 Å². The minimum absolute atomic E-state index is 0.00879. The van der Waals surface area contributed by atoms with Crippen LogP contribution in [0.3, 0.4) is 0 Å². The average Bonchev–Trinajstić information content (AvgIpc) is 2.73. The van der Waals surface area contributed by atoms with Gasteiger partial charge in [0.1, 0.15) is 0 Å². The molecule has 0 amide bonds. The molecule has 2 aromatic rings. The van der Waals surface area contributed by atoms with Crippen molar-refractivity contribution in [3.63, 3.8) is 0 Å². The zero-order chi connectivity index (χ0) is 13.8. The zero-order valence-corrected chi connectivity index (χ0v) is 11.9. The Morgan fingerprint density at radius 2 is 2.21 bits per heavy atom. The molecule has 1 aromatic heterocycles. The molecule has 3 N–H and O–H groups in total. The van der Waals surface area contributed by atoms with Gasteiger partial charge in [-0.1, -0.05) is 37.6 Å². The van der Waals surface area contributed by atoms with Crippen LogP contribution in [0.4, 0.5) is 0 Å². The van der Waals surface area contributed by atoms with Gasteiger partial charge in [0.25, 0.3) is 0 Å². The van der Waals surface area contributed by atoms with E-state index in [1.54, 1.807) is 0 Å². The van der Waals surface area contributed by atoms with Crippen molar-refractivity contribution in [1.29, 1.82) is 0 Å². The van der Waals surface area contributed by atoms with Crippen molar-refractivity contribution >= 4 is 0 Å². The van der Waals surface area contributed by atoms with Crippen LogP contribution in [0.5, 0.6) is 0 Å². The predicted molar refractivity (Wildman–Crippen MR) is 77.5 cm³/mol. The number of nitrogens with two attached hydrogens (primary N) is 1. The van der Waals surface area contributed by atoms with Gasteiger partial charge in [-0.3, -0.25) is 10.5 Å². The number of hydrogen-bond donors (Lipinski definition) is 2. The third-order valence-electron chi connectivity index (χ3n) is 3.57. The van der Waals surface area contributed by atoms with Crippen LogP contribution in [0.25, 0.3) is 0 Å². The molecule has 19 heavy (non-hydrogen) atoms. The van der Waals surface area contributed by atoms with Crippen LogP contribution in [-0.2, 0) is 13.5 Å². The molecule has 0 spiro atoms. The van der Waals surface area contributed by atoms with E-state index in [1.165, 1.54) is 11.1 Å². The molecule has 1 heterocycles. The molecule has 102 valence electrons. The normalized spacial score (nSPS) is 12.6. The summed E-state index contributed by atoms with van der Waals surface area (Å²) in [7, 11) is 1.94. The second-order valence-electron chi connectivity index (χ2n) is 4.90. The summed E-state index contributed by atoms with van der Waals surface area (Å²) in [6.07, 6.45) is 4.12. The lowest BCUT2D eigenvalue weighted by Crippen LogP contribution is -2.29. The lowest BCUT2D eigenvalue weighted by molar-refractivity contribution is 0.629. The summed E-state index contributed by atoms with van der Waals surface area (Å²) in [5.74, 6) is 5.75. The van der Waals surface area contributed by atoms with E-state index in [4.69, 9.17) is 5.84 Å². The monoisotopic (exact) mass is 258 g/mol. The Labute approximate surface area is 114 Å². The SMILES string of the molecule is CCCc1cccc(C(NN)c2cnn(C)c2C)c1. The molecular formula is C15H22N4. The third-order valence-corrected chi connectivity index (χ3v) is 3.57. The number of aryl methyl sites for hydroxylation is 2. The van der Waals surface area contributed by atoms with Crippen molar-refractivity contribution in [2.45, 2.75) is 32.7 Å². The Balaban J connectivity index is 2.36. The molecule has 4 nitrogen and oxygen atoms in total. The van der Waals surface area contributed by atoms with Gasteiger partial charge in [0.05, 0.1) is 12.2 Å². The summed E-state index contributed by atoms with van der Waals surface area (Å²) in [4.78, 5) is 0. The fourth-order valence-electron chi connectivity index (χ4n) is 2.38. The first-order valence-corrected chi connectivity index (χ1v) is 6.70. The topological polar surface area (TPSA) is 55.9 Å². The molecule has 4 heteroatoms. The highest BCUT2D eigenvalue weighted by Crippen LogP contribution is 2.24. The first kappa shape index (κ1) is 13.8. The van der Waals surface area contributed by atoms with E-state index in [0.717, 1.165) is 24.1 Å². The van der Waals surface area contributed by atoms with Gasteiger partial charge in [-0.2, -0.15) is 5.10 Å². The second-order valence-corrected chi connectivity index (χ2v) is 4.90. The molecule has 0 radical (unpaired) electrons. The van der Waals surface area contributed by atoms with Gasteiger partial charge in [0, 0.05) is 18.3 Å². The van der Waals surface area contributed by atoms with Gasteiger partial charge in [0.2, 0.25) is 0 Å². The number of aromatic nitrogens is 2. The van der Waals surface area contributed by atoms with E-state index in [2.05, 4.69) is 48.6 Å². The molecule has 1 aromatic carbocycles. The Bertz CT molecular complexity index is 545. The van der Waals surface area contributed by atoms with E-state index in [1.807, 2.05) is 17.9 Å². The number of rotatable bonds is 5. The number of benzene rings is 1. The number of hydrazine groups is 1. The average molecular weight is 258 g/mol. The molecule has 1 atom stereocenters. The van der Waals surface area contributed by atoms with Gasteiger partial charge in [-0.15, -0.1) is 0 Å². The lowest BCUT2D eigenvalue weighted by atomic mass is 9.97. The van der Waals surface area contributed by atoms with Crippen molar-refractivity contribution in [2.75, 3.05) is 0 Å². The van der Waals surface area contributed by atoms with E-state index in [-0.39, 0.29) is 6.04 Å². The summed E-state index contributed by atoms with van der Waals surface area (Å²) >= 11 is 0.